The maximum Gasteiger partial charge on any atom is 0.355 e. The molecule has 1 aliphatic rings. The van der Waals surface area contributed by atoms with Gasteiger partial charge in [0.05, 0.1) is 24.4 Å². The number of aryl methyl sites for hydroxylation is 1. The fourth-order valence-corrected chi connectivity index (χ4v) is 5.79. The van der Waals surface area contributed by atoms with Gasteiger partial charge in [-0.1, -0.05) is 6.07 Å². The highest BCUT2D eigenvalue weighted by molar-refractivity contribution is 6.03. The van der Waals surface area contributed by atoms with Gasteiger partial charge in [-0.15, -0.1) is 5.10 Å². The van der Waals surface area contributed by atoms with Crippen molar-refractivity contribution < 1.29 is 18.3 Å². The minimum atomic E-state index is -0.479. The first-order valence-corrected chi connectivity index (χ1v) is 14.1. The Morgan fingerprint density at radius 1 is 1.05 bits per heavy atom. The van der Waals surface area contributed by atoms with Crippen molar-refractivity contribution in [1.82, 2.24) is 39.0 Å². The molecule has 0 unspecified atom stereocenters. The number of halogens is 1. The molecule has 0 amide bonds. The predicted octanol–water partition coefficient (Wildman–Crippen LogP) is 3.43. The van der Waals surface area contributed by atoms with Crippen LogP contribution in [0, 0.1) is 12.7 Å². The van der Waals surface area contributed by atoms with Gasteiger partial charge < -0.3 is 24.4 Å². The number of nitrogens with two attached hydrogens (primary N) is 1. The number of oxazole rings is 1. The molecule has 1 fully saturated rings. The maximum absolute atomic E-state index is 14.8. The number of hydrogen-bond acceptors (Lipinski definition) is 11. The summed E-state index contributed by atoms with van der Waals surface area (Å²) in [5, 5.41) is 5.20. The van der Waals surface area contributed by atoms with Crippen LogP contribution in [-0.2, 0) is 11.3 Å². The molecule has 224 valence electrons. The molecule has 0 aliphatic carbocycles. The molecule has 0 radical (unpaired) electrons. The summed E-state index contributed by atoms with van der Waals surface area (Å²) in [5.74, 6) is 0.220. The smallest absolute Gasteiger partial charge is 0.355 e. The SMILES string of the molecule is COC(=O)c1c(C)c2c(nc(N)n3nc(-c4ccccn4)nc23)n1CCN1CCN(c2cc(-c3ncco3)ccc2F)CC1. The molecule has 0 bridgehead atoms. The van der Waals surface area contributed by atoms with Gasteiger partial charge in [-0.3, -0.25) is 9.88 Å². The van der Waals surface area contributed by atoms with Crippen molar-refractivity contribution in [3.05, 3.63) is 72.1 Å². The van der Waals surface area contributed by atoms with Crippen LogP contribution in [0.1, 0.15) is 16.1 Å². The van der Waals surface area contributed by atoms with Crippen molar-refractivity contribution in [2.45, 2.75) is 13.5 Å². The number of hydrogen-bond donors (Lipinski definition) is 1. The third-order valence-electron chi connectivity index (χ3n) is 8.00. The van der Waals surface area contributed by atoms with Crippen LogP contribution in [0.15, 0.2) is 59.5 Å². The van der Waals surface area contributed by atoms with Crippen LogP contribution >= 0.6 is 0 Å². The highest BCUT2D eigenvalue weighted by Gasteiger charge is 2.27. The van der Waals surface area contributed by atoms with Gasteiger partial charge in [-0.05, 0) is 42.8 Å². The third-order valence-corrected chi connectivity index (χ3v) is 8.00. The molecule has 5 aromatic heterocycles. The van der Waals surface area contributed by atoms with Crippen molar-refractivity contribution in [2.24, 2.45) is 0 Å². The Balaban J connectivity index is 1.15. The summed E-state index contributed by atoms with van der Waals surface area (Å²) in [6.07, 6.45) is 4.73. The average Bonchev–Trinajstić information content (AvgIpc) is 3.80. The molecule has 0 atom stereocenters. The zero-order valence-electron chi connectivity index (χ0n) is 24.1. The van der Waals surface area contributed by atoms with E-state index in [0.717, 1.165) is 5.56 Å². The fourth-order valence-electron chi connectivity index (χ4n) is 5.79. The van der Waals surface area contributed by atoms with E-state index < -0.39 is 5.97 Å². The van der Waals surface area contributed by atoms with Crippen molar-refractivity contribution in [3.8, 4) is 23.0 Å². The van der Waals surface area contributed by atoms with E-state index in [1.54, 1.807) is 24.5 Å². The molecule has 1 aliphatic heterocycles. The molecule has 7 rings (SSSR count). The topological polar surface area (TPSA) is 146 Å². The molecule has 6 aromatic rings. The third kappa shape index (κ3) is 4.68. The highest BCUT2D eigenvalue weighted by Crippen LogP contribution is 2.31. The molecular formula is C30H29FN10O3. The lowest BCUT2D eigenvalue weighted by molar-refractivity contribution is 0.0587. The second kappa shape index (κ2) is 11.0. The molecule has 13 nitrogen and oxygen atoms in total. The van der Waals surface area contributed by atoms with Crippen molar-refractivity contribution in [2.75, 3.05) is 50.5 Å². The van der Waals surface area contributed by atoms with E-state index in [-0.39, 0.29) is 11.8 Å². The van der Waals surface area contributed by atoms with E-state index in [1.807, 2.05) is 34.6 Å². The van der Waals surface area contributed by atoms with Crippen molar-refractivity contribution in [3.63, 3.8) is 0 Å². The summed E-state index contributed by atoms with van der Waals surface area (Å²) in [6, 6.07) is 10.4. The summed E-state index contributed by atoms with van der Waals surface area (Å²) in [4.78, 5) is 35.3. The number of ether oxygens (including phenoxy) is 1. The lowest BCUT2D eigenvalue weighted by atomic mass is 10.1. The lowest BCUT2D eigenvalue weighted by Crippen LogP contribution is -2.47. The number of aromatic nitrogens is 7. The Hall–Kier alpha value is -5.37. The van der Waals surface area contributed by atoms with E-state index in [1.165, 1.54) is 24.0 Å². The summed E-state index contributed by atoms with van der Waals surface area (Å²) in [6.45, 7) is 5.58. The average molecular weight is 597 g/mol. The number of carbonyl (C=O) groups is 1. The van der Waals surface area contributed by atoms with Gasteiger partial charge in [-0.25, -0.2) is 19.2 Å². The van der Waals surface area contributed by atoms with Crippen LogP contribution < -0.4 is 10.6 Å². The van der Waals surface area contributed by atoms with Crippen LogP contribution in [0.2, 0.25) is 0 Å². The number of nitrogens with zero attached hydrogens (tertiary/aromatic N) is 9. The van der Waals surface area contributed by atoms with Crippen LogP contribution in [0.4, 0.5) is 16.0 Å². The second-order valence-electron chi connectivity index (χ2n) is 10.5. The monoisotopic (exact) mass is 596 g/mol. The normalized spacial score (nSPS) is 14.1. The standard InChI is InChI=1S/C30H29FN10O3/c1-18-23-26(36-30(32)41-27(23)35-25(37-41)21-5-3-4-8-33-21)40(24(18)29(42)43-2)15-12-38-10-13-39(14-11-38)22-17-19(6-7-20(22)31)28-34-9-16-44-28/h3-9,16-17H,10-15H2,1-2H3,(H2,32,36). The lowest BCUT2D eigenvalue weighted by Gasteiger charge is -2.36. The summed E-state index contributed by atoms with van der Waals surface area (Å²) in [7, 11) is 1.35. The quantitative estimate of drug-likeness (QED) is 0.271. The van der Waals surface area contributed by atoms with Gasteiger partial charge in [0, 0.05) is 51.0 Å². The Kier molecular flexibility index (Phi) is 6.89. The molecule has 6 heterocycles. The van der Waals surface area contributed by atoms with Crippen molar-refractivity contribution in [1.29, 1.82) is 0 Å². The number of methoxy groups -OCH3 is 1. The van der Waals surface area contributed by atoms with Gasteiger partial charge in [0.2, 0.25) is 17.7 Å². The molecule has 0 spiro atoms. The molecule has 1 saturated heterocycles. The number of fused-ring (bicyclic) bond motifs is 3. The number of esters is 1. The summed E-state index contributed by atoms with van der Waals surface area (Å²) in [5.41, 5.74) is 10.3. The molecular weight excluding hydrogens is 567 g/mol. The van der Waals surface area contributed by atoms with E-state index in [4.69, 9.17) is 19.9 Å². The number of nitrogen functional groups attached to an aromatic ring is 1. The number of piperazine rings is 1. The Morgan fingerprint density at radius 2 is 1.89 bits per heavy atom. The predicted molar refractivity (Wildman–Crippen MR) is 161 cm³/mol. The number of rotatable bonds is 7. The summed E-state index contributed by atoms with van der Waals surface area (Å²) >= 11 is 0. The Labute approximate surface area is 250 Å². The van der Waals surface area contributed by atoms with Gasteiger partial charge >= 0.3 is 5.97 Å². The number of anilines is 2. The molecule has 0 saturated carbocycles. The number of benzene rings is 1. The fraction of sp³-hybridized carbons (Fsp3) is 0.267. The zero-order chi connectivity index (χ0) is 30.4. The second-order valence-corrected chi connectivity index (χ2v) is 10.5. The highest BCUT2D eigenvalue weighted by atomic mass is 19.1. The van der Waals surface area contributed by atoms with Gasteiger partial charge in [-0.2, -0.15) is 9.50 Å². The minimum Gasteiger partial charge on any atom is -0.464 e. The van der Waals surface area contributed by atoms with Gasteiger partial charge in [0.1, 0.15) is 29.1 Å². The zero-order valence-corrected chi connectivity index (χ0v) is 24.1. The number of carbonyl (C=O) groups excluding carboxylic acids is 1. The van der Waals surface area contributed by atoms with Gasteiger partial charge in [0.25, 0.3) is 0 Å². The van der Waals surface area contributed by atoms with Crippen molar-refractivity contribution >= 4 is 34.3 Å². The molecule has 44 heavy (non-hydrogen) atoms. The van der Waals surface area contributed by atoms with E-state index in [0.29, 0.717) is 90.3 Å². The largest absolute Gasteiger partial charge is 0.464 e. The first-order valence-electron chi connectivity index (χ1n) is 14.1. The molecule has 1 aromatic carbocycles. The van der Waals surface area contributed by atoms with Crippen LogP contribution in [0.3, 0.4) is 0 Å². The Bertz CT molecular complexity index is 1980. The summed E-state index contributed by atoms with van der Waals surface area (Å²) < 4.78 is 28.7. The van der Waals surface area contributed by atoms with E-state index >= 15 is 0 Å². The van der Waals surface area contributed by atoms with E-state index in [9.17, 15) is 9.18 Å². The maximum atomic E-state index is 14.8. The molecule has 2 N–H and O–H groups in total. The first kappa shape index (κ1) is 27.5. The van der Waals surface area contributed by atoms with E-state index in [2.05, 4.69) is 25.0 Å². The first-order chi connectivity index (χ1) is 21.4. The number of pyridine rings is 1. The van der Waals surface area contributed by atoms with Gasteiger partial charge in [0.15, 0.2) is 5.65 Å². The molecule has 14 heteroatoms. The van der Waals surface area contributed by atoms with Crippen LogP contribution in [-0.4, -0.2) is 84.8 Å². The Morgan fingerprint density at radius 3 is 2.61 bits per heavy atom. The minimum absolute atomic E-state index is 0.139. The van der Waals surface area contributed by atoms with Crippen LogP contribution in [0.25, 0.3) is 39.7 Å². The van der Waals surface area contributed by atoms with Crippen LogP contribution in [0.5, 0.6) is 0 Å².